The van der Waals surface area contributed by atoms with E-state index in [2.05, 4.69) is 0 Å². The molecule has 0 unspecified atom stereocenters. The molecular formula is C12H18N2O2S. The maximum atomic E-state index is 12.2. The van der Waals surface area contributed by atoms with E-state index < -0.39 is 10.2 Å². The van der Waals surface area contributed by atoms with Gasteiger partial charge >= 0.3 is 0 Å². The van der Waals surface area contributed by atoms with Crippen LogP contribution in [0.4, 0.5) is 0 Å². The number of nitrogens with zero attached hydrogens (tertiary/aromatic N) is 2. The van der Waals surface area contributed by atoms with Gasteiger partial charge in [-0.15, -0.1) is 0 Å². The van der Waals surface area contributed by atoms with Crippen LogP contribution in [0.2, 0.25) is 0 Å². The molecular weight excluding hydrogens is 236 g/mol. The van der Waals surface area contributed by atoms with E-state index in [0.717, 1.165) is 18.4 Å². The Balaban J connectivity index is 2.06. The Kier molecular flexibility index (Phi) is 3.81. The summed E-state index contributed by atoms with van der Waals surface area (Å²) in [7, 11) is -1.63. The van der Waals surface area contributed by atoms with Crippen molar-refractivity contribution < 1.29 is 8.42 Å². The van der Waals surface area contributed by atoms with Crippen molar-refractivity contribution in [2.24, 2.45) is 0 Å². The molecule has 1 aromatic rings. The Morgan fingerprint density at radius 2 is 1.76 bits per heavy atom. The highest BCUT2D eigenvalue weighted by atomic mass is 32.2. The van der Waals surface area contributed by atoms with Crippen molar-refractivity contribution in [3.8, 4) is 0 Å². The Bertz CT molecular complexity index is 453. The molecule has 4 nitrogen and oxygen atoms in total. The highest BCUT2D eigenvalue weighted by Gasteiger charge is 2.29. The van der Waals surface area contributed by atoms with E-state index in [0.29, 0.717) is 19.6 Å². The second-order valence-corrected chi connectivity index (χ2v) is 6.39. The van der Waals surface area contributed by atoms with Crippen LogP contribution in [0, 0.1) is 0 Å². The van der Waals surface area contributed by atoms with E-state index in [1.54, 1.807) is 11.4 Å². The van der Waals surface area contributed by atoms with Gasteiger partial charge in [-0.25, -0.2) is 0 Å². The van der Waals surface area contributed by atoms with E-state index in [-0.39, 0.29) is 0 Å². The molecule has 17 heavy (non-hydrogen) atoms. The van der Waals surface area contributed by atoms with Gasteiger partial charge in [0.25, 0.3) is 10.2 Å². The number of hydrogen-bond donors (Lipinski definition) is 0. The summed E-state index contributed by atoms with van der Waals surface area (Å²) in [6.45, 7) is 1.74. The average molecular weight is 254 g/mol. The first-order valence-corrected chi connectivity index (χ1v) is 7.26. The third-order valence-corrected chi connectivity index (χ3v) is 4.97. The average Bonchev–Trinajstić information content (AvgIpc) is 2.84. The first-order valence-electron chi connectivity index (χ1n) is 5.86. The van der Waals surface area contributed by atoms with Crippen molar-refractivity contribution in [3.63, 3.8) is 0 Å². The molecule has 0 saturated carbocycles. The number of hydrogen-bond acceptors (Lipinski definition) is 2. The Labute approximate surface area is 103 Å². The van der Waals surface area contributed by atoms with Gasteiger partial charge in [0.2, 0.25) is 0 Å². The van der Waals surface area contributed by atoms with E-state index in [1.807, 2.05) is 30.3 Å². The van der Waals surface area contributed by atoms with Crippen molar-refractivity contribution >= 4 is 10.2 Å². The van der Waals surface area contributed by atoms with Crippen molar-refractivity contribution in [3.05, 3.63) is 35.9 Å². The van der Waals surface area contributed by atoms with Gasteiger partial charge < -0.3 is 0 Å². The van der Waals surface area contributed by atoms with E-state index >= 15 is 0 Å². The zero-order chi connectivity index (χ0) is 12.3. The maximum Gasteiger partial charge on any atom is 0.282 e. The standard InChI is InChI=1S/C12H18N2O2S/c1-13(11-12-7-3-2-4-8-12)17(15,16)14-9-5-6-10-14/h2-4,7-8H,5-6,9-11H2,1H3. The van der Waals surface area contributed by atoms with Gasteiger partial charge in [-0.3, -0.25) is 0 Å². The van der Waals surface area contributed by atoms with Gasteiger partial charge in [0.05, 0.1) is 0 Å². The maximum absolute atomic E-state index is 12.2. The summed E-state index contributed by atoms with van der Waals surface area (Å²) in [6.07, 6.45) is 1.94. The van der Waals surface area contributed by atoms with Crippen molar-refractivity contribution in [1.82, 2.24) is 8.61 Å². The van der Waals surface area contributed by atoms with Gasteiger partial charge in [-0.1, -0.05) is 30.3 Å². The zero-order valence-electron chi connectivity index (χ0n) is 10.0. The topological polar surface area (TPSA) is 40.6 Å². The number of rotatable bonds is 4. The van der Waals surface area contributed by atoms with Crippen LogP contribution in [0.15, 0.2) is 30.3 Å². The minimum Gasteiger partial charge on any atom is -0.195 e. The SMILES string of the molecule is CN(Cc1ccccc1)S(=O)(=O)N1CCCC1. The van der Waals surface area contributed by atoms with Crippen LogP contribution in [-0.4, -0.2) is 37.2 Å². The van der Waals surface area contributed by atoms with Crippen LogP contribution >= 0.6 is 0 Å². The molecule has 0 aliphatic carbocycles. The summed E-state index contributed by atoms with van der Waals surface area (Å²) in [5.74, 6) is 0. The summed E-state index contributed by atoms with van der Waals surface area (Å²) in [5, 5.41) is 0. The lowest BCUT2D eigenvalue weighted by molar-refractivity contribution is 0.392. The minimum absolute atomic E-state index is 0.430. The Hall–Kier alpha value is -0.910. The quantitative estimate of drug-likeness (QED) is 0.816. The van der Waals surface area contributed by atoms with Gasteiger partial charge in [-0.2, -0.15) is 17.0 Å². The highest BCUT2D eigenvalue weighted by molar-refractivity contribution is 7.86. The fourth-order valence-corrected chi connectivity index (χ4v) is 3.46. The molecule has 1 fully saturated rings. The summed E-state index contributed by atoms with van der Waals surface area (Å²) in [5.41, 5.74) is 1.01. The van der Waals surface area contributed by atoms with E-state index in [9.17, 15) is 8.42 Å². The summed E-state index contributed by atoms with van der Waals surface area (Å²) >= 11 is 0. The molecule has 94 valence electrons. The number of benzene rings is 1. The lowest BCUT2D eigenvalue weighted by Crippen LogP contribution is -2.39. The highest BCUT2D eigenvalue weighted by Crippen LogP contribution is 2.17. The molecule has 0 atom stereocenters. The summed E-state index contributed by atoms with van der Waals surface area (Å²) in [6, 6.07) is 9.65. The molecule has 0 N–H and O–H groups in total. The van der Waals surface area contributed by atoms with Crippen LogP contribution < -0.4 is 0 Å². The van der Waals surface area contributed by atoms with Gasteiger partial charge in [0, 0.05) is 26.7 Å². The monoisotopic (exact) mass is 254 g/mol. The minimum atomic E-state index is -3.27. The lowest BCUT2D eigenvalue weighted by Gasteiger charge is -2.23. The van der Waals surface area contributed by atoms with Gasteiger partial charge in [0.15, 0.2) is 0 Å². The smallest absolute Gasteiger partial charge is 0.195 e. The first kappa shape index (κ1) is 12.5. The predicted octanol–water partition coefficient (Wildman–Crippen LogP) is 1.46. The van der Waals surface area contributed by atoms with Gasteiger partial charge in [-0.05, 0) is 18.4 Å². The van der Waals surface area contributed by atoms with E-state index in [1.165, 1.54) is 4.31 Å². The van der Waals surface area contributed by atoms with Crippen LogP contribution in [0.5, 0.6) is 0 Å². The van der Waals surface area contributed by atoms with Crippen LogP contribution in [0.25, 0.3) is 0 Å². The third-order valence-electron chi connectivity index (χ3n) is 3.03. The van der Waals surface area contributed by atoms with Gasteiger partial charge in [0.1, 0.15) is 0 Å². The molecule has 1 heterocycles. The predicted molar refractivity (Wildman–Crippen MR) is 67.6 cm³/mol. The fourth-order valence-electron chi connectivity index (χ4n) is 2.04. The van der Waals surface area contributed by atoms with Crippen LogP contribution in [0.1, 0.15) is 18.4 Å². The lowest BCUT2D eigenvalue weighted by atomic mass is 10.2. The second-order valence-electron chi connectivity index (χ2n) is 4.36. The molecule has 1 saturated heterocycles. The van der Waals surface area contributed by atoms with Crippen molar-refractivity contribution in [2.75, 3.05) is 20.1 Å². The third kappa shape index (κ3) is 2.86. The second kappa shape index (κ2) is 5.16. The molecule has 1 aliphatic heterocycles. The fraction of sp³-hybridized carbons (Fsp3) is 0.500. The normalized spacial score (nSPS) is 17.8. The Morgan fingerprint density at radius 3 is 2.35 bits per heavy atom. The largest absolute Gasteiger partial charge is 0.282 e. The molecule has 0 radical (unpaired) electrons. The first-order chi connectivity index (χ1) is 8.10. The van der Waals surface area contributed by atoms with E-state index in [4.69, 9.17) is 0 Å². The summed E-state index contributed by atoms with van der Waals surface area (Å²) < 4.78 is 27.4. The molecule has 0 spiro atoms. The van der Waals surface area contributed by atoms with Crippen LogP contribution in [0.3, 0.4) is 0 Å². The summed E-state index contributed by atoms with van der Waals surface area (Å²) in [4.78, 5) is 0. The van der Waals surface area contributed by atoms with Crippen molar-refractivity contribution in [1.29, 1.82) is 0 Å². The van der Waals surface area contributed by atoms with Crippen molar-refractivity contribution in [2.45, 2.75) is 19.4 Å². The molecule has 5 heteroatoms. The molecule has 0 bridgehead atoms. The molecule has 2 rings (SSSR count). The molecule has 0 aromatic heterocycles. The zero-order valence-corrected chi connectivity index (χ0v) is 10.9. The molecule has 1 aliphatic rings. The van der Waals surface area contributed by atoms with Crippen LogP contribution in [-0.2, 0) is 16.8 Å². The molecule has 0 amide bonds. The Morgan fingerprint density at radius 1 is 1.18 bits per heavy atom. The molecule has 1 aromatic carbocycles.